The van der Waals surface area contributed by atoms with E-state index in [1.165, 1.54) is 12.4 Å². The minimum atomic E-state index is -4.14. The van der Waals surface area contributed by atoms with Gasteiger partial charge in [-0.3, -0.25) is 0 Å². The molecule has 1 aromatic rings. The Labute approximate surface area is 100 Å². The lowest BCUT2D eigenvalue weighted by Crippen LogP contribution is -2.08. The molecule has 14 heavy (non-hydrogen) atoms. The molecule has 0 unspecified atom stereocenters. The van der Waals surface area contributed by atoms with Crippen molar-refractivity contribution in [1.29, 1.82) is 0 Å². The molecule has 0 aliphatic heterocycles. The van der Waals surface area contributed by atoms with Gasteiger partial charge in [-0.05, 0) is 23.6 Å². The Hall–Kier alpha value is -0.0738. The molecule has 0 aliphatic rings. The molecular weight excluding hydrogens is 229 g/mol. The summed E-state index contributed by atoms with van der Waals surface area (Å²) in [4.78, 5) is 7.13. The number of hydrogen-bond donors (Lipinski definition) is 0. The van der Waals surface area contributed by atoms with Gasteiger partial charge in [-0.25, -0.2) is 9.97 Å². The molecule has 0 saturated carbocycles. The normalized spacial score (nSPS) is 10.9. The van der Waals surface area contributed by atoms with Gasteiger partial charge in [-0.2, -0.15) is 13.2 Å². The second-order valence-electron chi connectivity index (χ2n) is 2.48. The van der Waals surface area contributed by atoms with E-state index in [-0.39, 0.29) is 34.8 Å². The molecule has 1 heterocycles. The topological polar surface area (TPSA) is 25.8 Å². The Kier molecular flexibility index (Phi) is 5.69. The molecule has 2 nitrogen and oxygen atoms in total. The lowest BCUT2D eigenvalue weighted by molar-refractivity contribution is -0.134. The summed E-state index contributed by atoms with van der Waals surface area (Å²) in [6.45, 7) is 0. The SMILES string of the molecule is FC(F)(F)CCc1cnc(Cl)nc1.[Mg]. The van der Waals surface area contributed by atoms with E-state index >= 15 is 0 Å². The molecule has 0 atom stereocenters. The van der Waals surface area contributed by atoms with E-state index in [0.717, 1.165) is 0 Å². The summed E-state index contributed by atoms with van der Waals surface area (Å²) in [6.07, 6.45) is -2.53. The highest BCUT2D eigenvalue weighted by Crippen LogP contribution is 2.21. The van der Waals surface area contributed by atoms with Gasteiger partial charge in [0.2, 0.25) is 5.28 Å². The summed E-state index contributed by atoms with van der Waals surface area (Å²) in [5.41, 5.74) is 0.432. The summed E-state index contributed by atoms with van der Waals surface area (Å²) in [5.74, 6) is 0. The molecule has 0 aliphatic carbocycles. The first-order valence-corrected chi connectivity index (χ1v) is 3.88. The monoisotopic (exact) mass is 234 g/mol. The lowest BCUT2D eigenvalue weighted by atomic mass is 10.2. The molecule has 2 radical (unpaired) electrons. The van der Waals surface area contributed by atoms with Crippen LogP contribution in [0.25, 0.3) is 0 Å². The molecule has 0 spiro atoms. The predicted octanol–water partition coefficient (Wildman–Crippen LogP) is 2.24. The van der Waals surface area contributed by atoms with Crippen LogP contribution in [0.3, 0.4) is 0 Å². The smallest absolute Gasteiger partial charge is 0.226 e. The van der Waals surface area contributed by atoms with E-state index in [1.54, 1.807) is 0 Å². The van der Waals surface area contributed by atoms with Crippen molar-refractivity contribution in [3.63, 3.8) is 0 Å². The van der Waals surface area contributed by atoms with E-state index in [1.807, 2.05) is 0 Å². The third kappa shape index (κ3) is 5.61. The Morgan fingerprint density at radius 1 is 1.21 bits per heavy atom. The number of aryl methyl sites for hydroxylation is 1. The third-order valence-corrected chi connectivity index (χ3v) is 1.57. The second kappa shape index (κ2) is 5.72. The minimum Gasteiger partial charge on any atom is -0.226 e. The molecule has 1 rings (SSSR count). The number of halogens is 4. The average Bonchev–Trinajstić information content (AvgIpc) is 2.02. The Morgan fingerprint density at radius 2 is 1.71 bits per heavy atom. The van der Waals surface area contributed by atoms with Crippen LogP contribution < -0.4 is 0 Å². The van der Waals surface area contributed by atoms with Crippen molar-refractivity contribution >= 4 is 34.7 Å². The van der Waals surface area contributed by atoms with Gasteiger partial charge in [0.1, 0.15) is 0 Å². The molecular formula is C7H6ClF3MgN2. The standard InChI is InChI=1S/C7H6ClF3N2.Mg/c8-6-12-3-5(4-13-6)1-2-7(9,10)11;/h3-4H,1-2H2;. The largest absolute Gasteiger partial charge is 0.389 e. The van der Waals surface area contributed by atoms with Gasteiger partial charge in [0, 0.05) is 41.9 Å². The van der Waals surface area contributed by atoms with Crippen molar-refractivity contribution in [1.82, 2.24) is 9.97 Å². The first-order valence-electron chi connectivity index (χ1n) is 3.50. The van der Waals surface area contributed by atoms with Gasteiger partial charge >= 0.3 is 6.18 Å². The summed E-state index contributed by atoms with van der Waals surface area (Å²) in [5, 5.41) is 0.0377. The van der Waals surface area contributed by atoms with Gasteiger partial charge in [0.15, 0.2) is 0 Å². The highest BCUT2D eigenvalue weighted by molar-refractivity contribution is 6.28. The maximum Gasteiger partial charge on any atom is 0.389 e. The first kappa shape index (κ1) is 13.9. The van der Waals surface area contributed by atoms with E-state index in [2.05, 4.69) is 9.97 Å². The lowest BCUT2D eigenvalue weighted by Gasteiger charge is -2.04. The van der Waals surface area contributed by atoms with Gasteiger partial charge in [-0.1, -0.05) is 0 Å². The third-order valence-electron chi connectivity index (χ3n) is 1.37. The fraction of sp³-hybridized carbons (Fsp3) is 0.429. The number of nitrogens with zero attached hydrogens (tertiary/aromatic N) is 2. The maximum absolute atomic E-state index is 11.8. The molecule has 1 aromatic heterocycles. The van der Waals surface area contributed by atoms with Crippen molar-refractivity contribution in [2.75, 3.05) is 0 Å². The molecule has 0 saturated heterocycles. The number of rotatable bonds is 2. The second-order valence-corrected chi connectivity index (χ2v) is 2.81. The van der Waals surface area contributed by atoms with E-state index in [0.29, 0.717) is 5.56 Å². The average molecular weight is 235 g/mol. The highest BCUT2D eigenvalue weighted by atomic mass is 35.5. The Bertz CT molecular complexity index is 275. The molecule has 0 N–H and O–H groups in total. The van der Waals surface area contributed by atoms with Gasteiger partial charge in [0.05, 0.1) is 0 Å². The van der Waals surface area contributed by atoms with Crippen LogP contribution in [0.5, 0.6) is 0 Å². The predicted molar refractivity (Wildman–Crippen MR) is 47.2 cm³/mol. The molecule has 0 aromatic carbocycles. The zero-order chi connectivity index (χ0) is 9.90. The molecule has 0 amide bonds. The van der Waals surface area contributed by atoms with Crippen molar-refractivity contribution in [2.24, 2.45) is 0 Å². The van der Waals surface area contributed by atoms with E-state index < -0.39 is 12.6 Å². The minimum absolute atomic E-state index is 0. The number of hydrogen-bond acceptors (Lipinski definition) is 2. The van der Waals surface area contributed by atoms with Gasteiger partial charge < -0.3 is 0 Å². The number of aromatic nitrogens is 2. The van der Waals surface area contributed by atoms with Crippen molar-refractivity contribution < 1.29 is 13.2 Å². The van der Waals surface area contributed by atoms with Crippen LogP contribution in [0.2, 0.25) is 5.28 Å². The fourth-order valence-corrected chi connectivity index (χ4v) is 0.852. The number of alkyl halides is 3. The van der Waals surface area contributed by atoms with Crippen LogP contribution in [-0.4, -0.2) is 39.2 Å². The van der Waals surface area contributed by atoms with E-state index in [4.69, 9.17) is 11.6 Å². The Balaban J connectivity index is 0.00000169. The first-order chi connectivity index (χ1) is 5.97. The van der Waals surface area contributed by atoms with Crippen LogP contribution in [0, 0.1) is 0 Å². The molecule has 74 valence electrons. The summed E-state index contributed by atoms with van der Waals surface area (Å²) < 4.78 is 35.3. The molecule has 0 fully saturated rings. The van der Waals surface area contributed by atoms with Crippen LogP contribution in [0.4, 0.5) is 13.2 Å². The van der Waals surface area contributed by atoms with Crippen molar-refractivity contribution in [3.8, 4) is 0 Å². The Morgan fingerprint density at radius 3 is 2.14 bits per heavy atom. The zero-order valence-electron chi connectivity index (χ0n) is 7.18. The summed E-state index contributed by atoms with van der Waals surface area (Å²) in [6, 6.07) is 0. The van der Waals surface area contributed by atoms with Crippen molar-refractivity contribution in [3.05, 3.63) is 23.2 Å². The summed E-state index contributed by atoms with van der Waals surface area (Å²) >= 11 is 5.36. The molecule has 7 heteroatoms. The van der Waals surface area contributed by atoms with Crippen molar-refractivity contribution in [2.45, 2.75) is 19.0 Å². The molecule has 0 bridgehead atoms. The van der Waals surface area contributed by atoms with Crippen LogP contribution in [-0.2, 0) is 6.42 Å². The van der Waals surface area contributed by atoms with Crippen LogP contribution in [0.15, 0.2) is 12.4 Å². The zero-order valence-corrected chi connectivity index (χ0v) is 9.35. The van der Waals surface area contributed by atoms with Crippen LogP contribution in [0.1, 0.15) is 12.0 Å². The van der Waals surface area contributed by atoms with Crippen LogP contribution >= 0.6 is 11.6 Å². The fourth-order valence-electron chi connectivity index (χ4n) is 0.754. The van der Waals surface area contributed by atoms with E-state index in [9.17, 15) is 13.2 Å². The quantitative estimate of drug-likeness (QED) is 0.580. The summed E-state index contributed by atoms with van der Waals surface area (Å²) in [7, 11) is 0. The van der Waals surface area contributed by atoms with Gasteiger partial charge in [-0.15, -0.1) is 0 Å². The van der Waals surface area contributed by atoms with Gasteiger partial charge in [0.25, 0.3) is 0 Å². The highest BCUT2D eigenvalue weighted by Gasteiger charge is 2.26. The maximum atomic E-state index is 11.8.